The summed E-state index contributed by atoms with van der Waals surface area (Å²) in [5, 5.41) is -0.567. The van der Waals surface area contributed by atoms with Crippen molar-refractivity contribution >= 4 is 22.7 Å². The topological polar surface area (TPSA) is 34.1 Å². The summed E-state index contributed by atoms with van der Waals surface area (Å²) >= 11 is 0.707. The number of carbonyl (C=O) groups excluding carboxylic acids is 2. The fraction of sp³-hybridized carbons (Fsp3) is 0.200. The summed E-state index contributed by atoms with van der Waals surface area (Å²) in [6.07, 6.45) is 0. The van der Waals surface area contributed by atoms with Crippen LogP contribution in [0.1, 0.15) is 17.3 Å². The van der Waals surface area contributed by atoms with Gasteiger partial charge in [-0.15, -0.1) is 0 Å². The summed E-state index contributed by atoms with van der Waals surface area (Å²) in [4.78, 5) is 21.9. The van der Waals surface area contributed by atoms with E-state index in [-0.39, 0.29) is 17.1 Å². The van der Waals surface area contributed by atoms with Crippen LogP contribution < -0.4 is 0 Å². The summed E-state index contributed by atoms with van der Waals surface area (Å²) in [7, 11) is 0. The first kappa shape index (κ1) is 11.8. The van der Waals surface area contributed by atoms with Gasteiger partial charge in [-0.25, -0.2) is 8.78 Å². The number of benzene rings is 1. The second-order valence-corrected chi connectivity index (χ2v) is 3.85. The van der Waals surface area contributed by atoms with Crippen molar-refractivity contribution in [1.82, 2.24) is 0 Å². The highest BCUT2D eigenvalue weighted by Crippen LogP contribution is 2.16. The third-order valence-electron chi connectivity index (χ3n) is 1.56. The third-order valence-corrected chi connectivity index (χ3v) is 2.59. The molecular weight excluding hydrogens is 222 g/mol. The Hall–Kier alpha value is -1.23. The summed E-state index contributed by atoms with van der Waals surface area (Å²) < 4.78 is 25.6. The Kier molecular flexibility index (Phi) is 3.96. The van der Waals surface area contributed by atoms with Crippen LogP contribution in [0.15, 0.2) is 18.2 Å². The molecule has 0 aliphatic heterocycles. The molecule has 0 aromatic heterocycles. The van der Waals surface area contributed by atoms with Gasteiger partial charge in [-0.3, -0.25) is 9.59 Å². The van der Waals surface area contributed by atoms with Crippen LogP contribution in [0.5, 0.6) is 0 Å². The lowest BCUT2D eigenvalue weighted by atomic mass is 10.2. The minimum Gasteiger partial charge on any atom is -0.299 e. The summed E-state index contributed by atoms with van der Waals surface area (Å²) in [5.74, 6) is -1.82. The molecule has 0 atom stereocenters. The molecule has 5 heteroatoms. The predicted octanol–water partition coefficient (Wildman–Crippen LogP) is 2.43. The SMILES string of the molecule is CC(=O)CSC(=O)c1ccc(F)cc1F. The van der Waals surface area contributed by atoms with Gasteiger partial charge >= 0.3 is 0 Å². The van der Waals surface area contributed by atoms with Gasteiger partial charge in [-0.05, 0) is 19.1 Å². The summed E-state index contributed by atoms with van der Waals surface area (Å²) in [6.45, 7) is 1.33. The maximum Gasteiger partial charge on any atom is 0.222 e. The molecule has 0 amide bonds. The maximum atomic E-state index is 13.1. The zero-order chi connectivity index (χ0) is 11.4. The number of thioether (sulfide) groups is 1. The lowest BCUT2D eigenvalue weighted by Crippen LogP contribution is -2.03. The third kappa shape index (κ3) is 3.43. The fourth-order valence-electron chi connectivity index (χ4n) is 0.900. The molecular formula is C10H8F2O2S. The fourth-order valence-corrected chi connectivity index (χ4v) is 1.56. The van der Waals surface area contributed by atoms with Gasteiger partial charge in [0.25, 0.3) is 0 Å². The Morgan fingerprint density at radius 2 is 2.00 bits per heavy atom. The highest BCUT2D eigenvalue weighted by molar-refractivity contribution is 8.14. The number of halogens is 2. The van der Waals surface area contributed by atoms with Gasteiger partial charge in [0.05, 0.1) is 11.3 Å². The van der Waals surface area contributed by atoms with E-state index in [4.69, 9.17) is 0 Å². The predicted molar refractivity (Wildman–Crippen MR) is 53.8 cm³/mol. The largest absolute Gasteiger partial charge is 0.299 e. The highest BCUT2D eigenvalue weighted by atomic mass is 32.2. The number of Topliss-reactive ketones (excluding diaryl/α,β-unsaturated/α-hetero) is 1. The number of hydrogen-bond donors (Lipinski definition) is 0. The Bertz CT molecular complexity index is 404. The van der Waals surface area contributed by atoms with E-state index in [0.717, 1.165) is 12.1 Å². The molecule has 0 radical (unpaired) electrons. The van der Waals surface area contributed by atoms with Crippen LogP contribution in [0.4, 0.5) is 8.78 Å². The summed E-state index contributed by atoms with van der Waals surface area (Å²) in [6, 6.07) is 2.71. The molecule has 0 saturated carbocycles. The first-order chi connectivity index (χ1) is 7.00. The van der Waals surface area contributed by atoms with Crippen LogP contribution in [0.2, 0.25) is 0 Å². The molecule has 0 aliphatic rings. The number of ketones is 1. The van der Waals surface area contributed by atoms with E-state index in [1.165, 1.54) is 6.92 Å². The zero-order valence-corrected chi connectivity index (χ0v) is 8.74. The Morgan fingerprint density at radius 1 is 1.33 bits per heavy atom. The van der Waals surface area contributed by atoms with Crippen molar-refractivity contribution in [1.29, 1.82) is 0 Å². The van der Waals surface area contributed by atoms with Crippen LogP contribution in [-0.2, 0) is 4.79 Å². The van der Waals surface area contributed by atoms with E-state index < -0.39 is 16.7 Å². The van der Waals surface area contributed by atoms with Crippen LogP contribution >= 0.6 is 11.8 Å². The Balaban J connectivity index is 2.78. The van der Waals surface area contributed by atoms with Crippen LogP contribution in [0.25, 0.3) is 0 Å². The van der Waals surface area contributed by atoms with E-state index in [0.29, 0.717) is 17.8 Å². The molecule has 0 aliphatic carbocycles. The van der Waals surface area contributed by atoms with Crippen molar-refractivity contribution in [3.8, 4) is 0 Å². The van der Waals surface area contributed by atoms with Crippen molar-refractivity contribution in [3.05, 3.63) is 35.4 Å². The average molecular weight is 230 g/mol. The molecule has 15 heavy (non-hydrogen) atoms. The van der Waals surface area contributed by atoms with E-state index in [1.54, 1.807) is 0 Å². The van der Waals surface area contributed by atoms with Crippen molar-refractivity contribution < 1.29 is 18.4 Å². The zero-order valence-electron chi connectivity index (χ0n) is 7.92. The molecule has 2 nitrogen and oxygen atoms in total. The van der Waals surface area contributed by atoms with Gasteiger partial charge in [0.1, 0.15) is 17.4 Å². The minimum absolute atomic E-state index is 0.00432. The Morgan fingerprint density at radius 3 is 2.53 bits per heavy atom. The van der Waals surface area contributed by atoms with E-state index in [2.05, 4.69) is 0 Å². The standard InChI is InChI=1S/C10H8F2O2S/c1-6(13)5-15-10(14)8-3-2-7(11)4-9(8)12/h2-4H,5H2,1H3. The van der Waals surface area contributed by atoms with E-state index >= 15 is 0 Å². The minimum atomic E-state index is -0.906. The first-order valence-corrected chi connectivity index (χ1v) is 5.11. The molecule has 0 fully saturated rings. The molecule has 0 heterocycles. The molecule has 1 aromatic carbocycles. The number of hydrogen-bond acceptors (Lipinski definition) is 3. The Labute approximate surface area is 89.7 Å². The first-order valence-electron chi connectivity index (χ1n) is 4.12. The summed E-state index contributed by atoms with van der Waals surface area (Å²) in [5.41, 5.74) is -0.206. The van der Waals surface area contributed by atoms with E-state index in [9.17, 15) is 18.4 Å². The quantitative estimate of drug-likeness (QED) is 0.799. The van der Waals surface area contributed by atoms with E-state index in [1.807, 2.05) is 0 Å². The highest BCUT2D eigenvalue weighted by Gasteiger charge is 2.13. The molecule has 0 saturated heterocycles. The van der Waals surface area contributed by atoms with Gasteiger partial charge in [0.15, 0.2) is 0 Å². The molecule has 0 unspecified atom stereocenters. The van der Waals surface area contributed by atoms with Crippen LogP contribution in [-0.4, -0.2) is 16.7 Å². The number of carbonyl (C=O) groups is 2. The number of rotatable bonds is 3. The molecule has 0 spiro atoms. The van der Waals surface area contributed by atoms with Crippen molar-refractivity contribution in [3.63, 3.8) is 0 Å². The smallest absolute Gasteiger partial charge is 0.222 e. The molecule has 1 aromatic rings. The monoisotopic (exact) mass is 230 g/mol. The van der Waals surface area contributed by atoms with Crippen molar-refractivity contribution in [2.45, 2.75) is 6.92 Å². The van der Waals surface area contributed by atoms with Gasteiger partial charge in [-0.1, -0.05) is 11.8 Å². The second kappa shape index (κ2) is 5.02. The molecule has 1 rings (SSSR count). The van der Waals surface area contributed by atoms with Crippen LogP contribution in [0.3, 0.4) is 0 Å². The van der Waals surface area contributed by atoms with Gasteiger partial charge in [0, 0.05) is 6.07 Å². The van der Waals surface area contributed by atoms with Gasteiger partial charge < -0.3 is 0 Å². The lowest BCUT2D eigenvalue weighted by Gasteiger charge is -2.00. The molecule has 0 bridgehead atoms. The molecule has 80 valence electrons. The maximum absolute atomic E-state index is 13.1. The second-order valence-electron chi connectivity index (χ2n) is 2.90. The van der Waals surface area contributed by atoms with Gasteiger partial charge in [0.2, 0.25) is 5.12 Å². The average Bonchev–Trinajstić information content (AvgIpc) is 2.14. The molecule has 0 N–H and O–H groups in total. The van der Waals surface area contributed by atoms with Crippen molar-refractivity contribution in [2.24, 2.45) is 0 Å². The normalized spacial score (nSPS) is 10.1. The van der Waals surface area contributed by atoms with Gasteiger partial charge in [-0.2, -0.15) is 0 Å². The lowest BCUT2D eigenvalue weighted by molar-refractivity contribution is -0.114. The van der Waals surface area contributed by atoms with Crippen molar-refractivity contribution in [2.75, 3.05) is 5.75 Å². The van der Waals surface area contributed by atoms with Crippen LogP contribution in [0, 0.1) is 11.6 Å².